The van der Waals surface area contributed by atoms with E-state index in [1.807, 2.05) is 30.5 Å². The van der Waals surface area contributed by atoms with Crippen LogP contribution in [0, 0.1) is 6.92 Å². The molecule has 0 aromatic carbocycles. The summed E-state index contributed by atoms with van der Waals surface area (Å²) in [6, 6.07) is 5.91. The molecule has 3 aromatic rings. The van der Waals surface area contributed by atoms with Crippen molar-refractivity contribution in [1.82, 2.24) is 14.6 Å². The van der Waals surface area contributed by atoms with E-state index in [-0.39, 0.29) is 0 Å². The first-order valence-corrected chi connectivity index (χ1v) is 5.78. The topological polar surface area (TPSA) is 56.2 Å². The average molecular weight is 230 g/mol. The van der Waals surface area contributed by atoms with E-state index >= 15 is 0 Å². The fourth-order valence-electron chi connectivity index (χ4n) is 1.69. The van der Waals surface area contributed by atoms with Crippen LogP contribution in [-0.4, -0.2) is 14.6 Å². The largest absolute Gasteiger partial charge is 0.397 e. The number of thiophene rings is 1. The molecule has 3 aromatic heterocycles. The van der Waals surface area contributed by atoms with Crippen molar-refractivity contribution in [2.24, 2.45) is 0 Å². The van der Waals surface area contributed by atoms with Crippen LogP contribution in [0.3, 0.4) is 0 Å². The third-order valence-corrected chi connectivity index (χ3v) is 3.25. The quantitative estimate of drug-likeness (QED) is 0.698. The smallest absolute Gasteiger partial charge is 0.192 e. The molecule has 0 amide bonds. The van der Waals surface area contributed by atoms with E-state index in [0.29, 0.717) is 5.69 Å². The molecule has 0 unspecified atom stereocenters. The Morgan fingerprint density at radius 3 is 3.06 bits per heavy atom. The van der Waals surface area contributed by atoms with Crippen molar-refractivity contribution in [3.63, 3.8) is 0 Å². The molecule has 0 fully saturated rings. The maximum absolute atomic E-state index is 5.77. The number of nitrogens with zero attached hydrogens (tertiary/aromatic N) is 3. The minimum atomic E-state index is 0.702. The number of nitrogen functional groups attached to an aromatic ring is 1. The first kappa shape index (κ1) is 9.35. The highest BCUT2D eigenvalue weighted by Crippen LogP contribution is 2.23. The van der Waals surface area contributed by atoms with E-state index in [0.717, 1.165) is 21.9 Å². The number of hydrogen-bond donors (Lipinski definition) is 1. The molecule has 0 saturated heterocycles. The van der Waals surface area contributed by atoms with Crippen molar-refractivity contribution >= 4 is 22.7 Å². The molecule has 0 radical (unpaired) electrons. The summed E-state index contributed by atoms with van der Waals surface area (Å²) in [4.78, 5) is 5.57. The summed E-state index contributed by atoms with van der Waals surface area (Å²) in [5.74, 6) is 0.753. The molecular formula is C11H10N4S. The van der Waals surface area contributed by atoms with Crippen molar-refractivity contribution in [1.29, 1.82) is 0 Å². The maximum Gasteiger partial charge on any atom is 0.192 e. The van der Waals surface area contributed by atoms with Crippen LogP contribution >= 0.6 is 11.3 Å². The van der Waals surface area contributed by atoms with Gasteiger partial charge < -0.3 is 5.73 Å². The Kier molecular flexibility index (Phi) is 1.94. The number of anilines is 1. The summed E-state index contributed by atoms with van der Waals surface area (Å²) < 4.78 is 1.74. The molecule has 3 rings (SSSR count). The lowest BCUT2D eigenvalue weighted by molar-refractivity contribution is 0.964. The van der Waals surface area contributed by atoms with Gasteiger partial charge >= 0.3 is 0 Å². The van der Waals surface area contributed by atoms with Gasteiger partial charge in [0, 0.05) is 0 Å². The summed E-state index contributed by atoms with van der Waals surface area (Å²) in [5.41, 5.74) is 8.36. The Balaban J connectivity index is 2.27. The monoisotopic (exact) mass is 230 g/mol. The van der Waals surface area contributed by atoms with Crippen LogP contribution in [0.4, 0.5) is 5.69 Å². The molecule has 0 aliphatic carbocycles. The zero-order valence-electron chi connectivity index (χ0n) is 8.71. The van der Waals surface area contributed by atoms with Gasteiger partial charge in [-0.2, -0.15) is 0 Å². The molecule has 0 saturated carbocycles. The number of hydrogen-bond acceptors (Lipinski definition) is 4. The first-order valence-electron chi connectivity index (χ1n) is 4.90. The Bertz CT molecular complexity index is 639. The zero-order chi connectivity index (χ0) is 11.1. The van der Waals surface area contributed by atoms with Gasteiger partial charge in [0.05, 0.1) is 16.8 Å². The second-order valence-electron chi connectivity index (χ2n) is 3.64. The molecular weight excluding hydrogens is 220 g/mol. The van der Waals surface area contributed by atoms with Crippen molar-refractivity contribution in [3.05, 3.63) is 35.3 Å². The van der Waals surface area contributed by atoms with E-state index in [1.54, 1.807) is 22.0 Å². The number of pyridine rings is 1. The standard InChI is InChI=1S/C11H10N4S/c1-7-5-8(12)6-15-11(7)13-10(14-15)9-3-2-4-16-9/h2-6H,12H2,1H3. The molecule has 80 valence electrons. The van der Waals surface area contributed by atoms with Gasteiger partial charge in [-0.3, -0.25) is 0 Å². The first-order chi connectivity index (χ1) is 7.74. The van der Waals surface area contributed by atoms with Gasteiger partial charge in [0.25, 0.3) is 0 Å². The van der Waals surface area contributed by atoms with Crippen molar-refractivity contribution in [2.75, 3.05) is 5.73 Å². The molecule has 16 heavy (non-hydrogen) atoms. The normalized spacial score (nSPS) is 11.1. The van der Waals surface area contributed by atoms with Crippen molar-refractivity contribution < 1.29 is 0 Å². The predicted molar refractivity (Wildman–Crippen MR) is 65.4 cm³/mol. The van der Waals surface area contributed by atoms with E-state index in [2.05, 4.69) is 10.1 Å². The Morgan fingerprint density at radius 1 is 1.44 bits per heavy atom. The number of fused-ring (bicyclic) bond motifs is 1. The molecule has 0 aliphatic heterocycles. The Labute approximate surface area is 96.4 Å². The van der Waals surface area contributed by atoms with Gasteiger partial charge in [0.1, 0.15) is 0 Å². The van der Waals surface area contributed by atoms with Gasteiger partial charge in [-0.15, -0.1) is 16.4 Å². The second kappa shape index (κ2) is 3.31. The molecule has 2 N–H and O–H groups in total. The molecule has 0 bridgehead atoms. The van der Waals surface area contributed by atoms with Gasteiger partial charge in [0.2, 0.25) is 0 Å². The molecule has 5 heteroatoms. The fourth-order valence-corrected chi connectivity index (χ4v) is 2.34. The van der Waals surface area contributed by atoms with Crippen LogP contribution in [0.15, 0.2) is 29.8 Å². The minimum Gasteiger partial charge on any atom is -0.397 e. The number of aryl methyl sites for hydroxylation is 1. The maximum atomic E-state index is 5.77. The lowest BCUT2D eigenvalue weighted by atomic mass is 10.3. The van der Waals surface area contributed by atoms with Crippen LogP contribution < -0.4 is 5.73 Å². The zero-order valence-corrected chi connectivity index (χ0v) is 9.53. The molecule has 3 heterocycles. The predicted octanol–water partition coefficient (Wildman–Crippen LogP) is 2.35. The summed E-state index contributed by atoms with van der Waals surface area (Å²) in [6.45, 7) is 1.98. The summed E-state index contributed by atoms with van der Waals surface area (Å²) in [6.07, 6.45) is 1.78. The molecule has 0 aliphatic rings. The lowest BCUT2D eigenvalue weighted by Gasteiger charge is -1.97. The highest BCUT2D eigenvalue weighted by molar-refractivity contribution is 7.13. The average Bonchev–Trinajstić information content (AvgIpc) is 2.82. The minimum absolute atomic E-state index is 0.702. The number of nitrogens with two attached hydrogens (primary N) is 1. The van der Waals surface area contributed by atoms with E-state index in [1.165, 1.54) is 0 Å². The van der Waals surface area contributed by atoms with Crippen molar-refractivity contribution in [3.8, 4) is 10.7 Å². The van der Waals surface area contributed by atoms with Crippen LogP contribution in [0.1, 0.15) is 5.56 Å². The van der Waals surface area contributed by atoms with E-state index in [4.69, 9.17) is 5.73 Å². The summed E-state index contributed by atoms with van der Waals surface area (Å²) in [7, 11) is 0. The Morgan fingerprint density at radius 2 is 2.31 bits per heavy atom. The molecule has 4 nitrogen and oxygen atoms in total. The van der Waals surface area contributed by atoms with Crippen LogP contribution in [-0.2, 0) is 0 Å². The lowest BCUT2D eigenvalue weighted by Crippen LogP contribution is -1.94. The van der Waals surface area contributed by atoms with Crippen molar-refractivity contribution in [2.45, 2.75) is 6.92 Å². The fraction of sp³-hybridized carbons (Fsp3) is 0.0909. The summed E-state index contributed by atoms with van der Waals surface area (Å²) in [5, 5.41) is 6.43. The number of rotatable bonds is 1. The number of aromatic nitrogens is 3. The van der Waals surface area contributed by atoms with Crippen LogP contribution in [0.5, 0.6) is 0 Å². The third kappa shape index (κ3) is 1.37. The van der Waals surface area contributed by atoms with Gasteiger partial charge in [0.15, 0.2) is 11.5 Å². The highest BCUT2D eigenvalue weighted by Gasteiger charge is 2.09. The van der Waals surface area contributed by atoms with Gasteiger partial charge in [-0.1, -0.05) is 6.07 Å². The van der Waals surface area contributed by atoms with E-state index in [9.17, 15) is 0 Å². The second-order valence-corrected chi connectivity index (χ2v) is 4.59. The summed E-state index contributed by atoms with van der Waals surface area (Å²) >= 11 is 1.63. The third-order valence-electron chi connectivity index (χ3n) is 2.38. The molecule has 0 spiro atoms. The Hall–Kier alpha value is -1.88. The van der Waals surface area contributed by atoms with Gasteiger partial charge in [-0.25, -0.2) is 9.50 Å². The molecule has 0 atom stereocenters. The van der Waals surface area contributed by atoms with Crippen LogP contribution in [0.2, 0.25) is 0 Å². The SMILES string of the molecule is Cc1cc(N)cn2nc(-c3cccs3)nc12. The highest BCUT2D eigenvalue weighted by atomic mass is 32.1. The van der Waals surface area contributed by atoms with Crippen LogP contribution in [0.25, 0.3) is 16.3 Å². The van der Waals surface area contributed by atoms with E-state index < -0.39 is 0 Å². The van der Waals surface area contributed by atoms with Gasteiger partial charge in [-0.05, 0) is 30.0 Å².